The fourth-order valence-corrected chi connectivity index (χ4v) is 2.45. The maximum Gasteiger partial charge on any atom is 0.259 e. The van der Waals surface area contributed by atoms with Crippen molar-refractivity contribution in [2.45, 2.75) is 19.8 Å². The molecule has 0 spiro atoms. The first-order valence-electron chi connectivity index (χ1n) is 6.94. The van der Waals surface area contributed by atoms with Crippen LogP contribution in [0.5, 0.6) is 0 Å². The number of likely N-dealkylation sites (tertiary alicyclic amines) is 1. The molecule has 0 aliphatic carbocycles. The van der Waals surface area contributed by atoms with Gasteiger partial charge in [0.15, 0.2) is 0 Å². The molecular formula is C15H19F2NO2. The van der Waals surface area contributed by atoms with Crippen molar-refractivity contribution in [3.05, 3.63) is 35.4 Å². The first-order valence-corrected chi connectivity index (χ1v) is 6.94. The third-order valence-corrected chi connectivity index (χ3v) is 3.64. The number of carbonyl (C=O) groups is 1. The predicted molar refractivity (Wildman–Crippen MR) is 71.5 cm³/mol. The minimum absolute atomic E-state index is 0.421. The van der Waals surface area contributed by atoms with Crippen molar-refractivity contribution in [3.8, 4) is 0 Å². The van der Waals surface area contributed by atoms with E-state index >= 15 is 0 Å². The van der Waals surface area contributed by atoms with E-state index < -0.39 is 23.1 Å². The molecule has 2 rings (SSSR count). The monoisotopic (exact) mass is 283 g/mol. The number of benzene rings is 1. The Hall–Kier alpha value is -1.49. The van der Waals surface area contributed by atoms with Gasteiger partial charge < -0.3 is 9.64 Å². The van der Waals surface area contributed by atoms with Gasteiger partial charge in [0.05, 0.1) is 0 Å². The van der Waals surface area contributed by atoms with Crippen LogP contribution in [-0.2, 0) is 4.74 Å². The molecule has 20 heavy (non-hydrogen) atoms. The molecule has 1 aromatic carbocycles. The Kier molecular flexibility index (Phi) is 5.06. The second-order valence-electron chi connectivity index (χ2n) is 4.99. The third kappa shape index (κ3) is 3.33. The van der Waals surface area contributed by atoms with E-state index in [4.69, 9.17) is 4.74 Å². The number of amides is 1. The van der Waals surface area contributed by atoms with E-state index in [0.29, 0.717) is 32.2 Å². The van der Waals surface area contributed by atoms with Crippen molar-refractivity contribution in [1.29, 1.82) is 0 Å². The van der Waals surface area contributed by atoms with Crippen molar-refractivity contribution >= 4 is 5.91 Å². The normalized spacial score (nSPS) is 16.4. The van der Waals surface area contributed by atoms with Crippen LogP contribution in [0.2, 0.25) is 0 Å². The number of hydrogen-bond donors (Lipinski definition) is 0. The summed E-state index contributed by atoms with van der Waals surface area (Å²) in [7, 11) is 0. The summed E-state index contributed by atoms with van der Waals surface area (Å²) in [4.78, 5) is 13.7. The smallest absolute Gasteiger partial charge is 0.259 e. The van der Waals surface area contributed by atoms with Gasteiger partial charge in [0, 0.05) is 26.3 Å². The molecule has 1 aromatic rings. The molecule has 1 aliphatic rings. The average molecular weight is 283 g/mol. The van der Waals surface area contributed by atoms with Gasteiger partial charge >= 0.3 is 0 Å². The van der Waals surface area contributed by atoms with Crippen LogP contribution in [0, 0.1) is 17.6 Å². The molecule has 0 N–H and O–H groups in total. The molecule has 1 heterocycles. The summed E-state index contributed by atoms with van der Waals surface area (Å²) in [5, 5.41) is 0. The summed E-state index contributed by atoms with van der Waals surface area (Å²) in [5.74, 6) is -1.74. The molecule has 1 fully saturated rings. The molecule has 1 aliphatic heterocycles. The second kappa shape index (κ2) is 6.79. The van der Waals surface area contributed by atoms with E-state index in [1.54, 1.807) is 0 Å². The molecule has 1 amide bonds. The highest BCUT2D eigenvalue weighted by Gasteiger charge is 2.27. The van der Waals surface area contributed by atoms with E-state index in [1.807, 2.05) is 6.92 Å². The van der Waals surface area contributed by atoms with E-state index in [-0.39, 0.29) is 0 Å². The molecule has 0 unspecified atom stereocenters. The number of rotatable bonds is 4. The van der Waals surface area contributed by atoms with Crippen LogP contribution in [0.3, 0.4) is 0 Å². The first-order chi connectivity index (χ1) is 9.63. The highest BCUT2D eigenvalue weighted by atomic mass is 19.1. The van der Waals surface area contributed by atoms with Gasteiger partial charge in [-0.2, -0.15) is 0 Å². The molecule has 0 atom stereocenters. The van der Waals surface area contributed by atoms with Crippen molar-refractivity contribution in [2.75, 3.05) is 26.3 Å². The number of carbonyl (C=O) groups excluding carboxylic acids is 1. The summed E-state index contributed by atoms with van der Waals surface area (Å²) in [6, 6.07) is 3.48. The van der Waals surface area contributed by atoms with Crippen molar-refractivity contribution < 1.29 is 18.3 Å². The van der Waals surface area contributed by atoms with Crippen LogP contribution in [0.4, 0.5) is 8.78 Å². The third-order valence-electron chi connectivity index (χ3n) is 3.64. The highest BCUT2D eigenvalue weighted by Crippen LogP contribution is 2.21. The largest absolute Gasteiger partial charge is 0.381 e. The highest BCUT2D eigenvalue weighted by molar-refractivity contribution is 5.94. The molecule has 3 nitrogen and oxygen atoms in total. The Morgan fingerprint density at radius 2 is 1.90 bits per heavy atom. The quantitative estimate of drug-likeness (QED) is 0.850. The standard InChI is InChI=1S/C15H19F2NO2/c1-2-20-10-11-6-8-18(9-7-11)15(19)14-12(16)4-3-5-13(14)17/h3-5,11H,2,6-10H2,1H3. The maximum atomic E-state index is 13.6. The lowest BCUT2D eigenvalue weighted by molar-refractivity contribution is 0.0544. The Balaban J connectivity index is 1.98. The van der Waals surface area contributed by atoms with E-state index in [9.17, 15) is 13.6 Å². The van der Waals surface area contributed by atoms with Crippen LogP contribution in [0.1, 0.15) is 30.1 Å². The van der Waals surface area contributed by atoms with Gasteiger partial charge in [-0.3, -0.25) is 4.79 Å². The summed E-state index contributed by atoms with van der Waals surface area (Å²) in [6.07, 6.45) is 1.61. The van der Waals surface area contributed by atoms with Crippen LogP contribution in [0.25, 0.3) is 0 Å². The van der Waals surface area contributed by atoms with Gasteiger partial charge in [-0.15, -0.1) is 0 Å². The Morgan fingerprint density at radius 1 is 1.30 bits per heavy atom. The Morgan fingerprint density at radius 3 is 2.45 bits per heavy atom. The fraction of sp³-hybridized carbons (Fsp3) is 0.533. The van der Waals surface area contributed by atoms with Gasteiger partial charge in [0.25, 0.3) is 5.91 Å². The van der Waals surface area contributed by atoms with Crippen molar-refractivity contribution in [2.24, 2.45) is 5.92 Å². The lowest BCUT2D eigenvalue weighted by Gasteiger charge is -2.32. The van der Waals surface area contributed by atoms with Crippen LogP contribution < -0.4 is 0 Å². The zero-order valence-corrected chi connectivity index (χ0v) is 11.6. The molecule has 0 radical (unpaired) electrons. The predicted octanol–water partition coefficient (Wildman–Crippen LogP) is 2.85. The fourth-order valence-electron chi connectivity index (χ4n) is 2.45. The molecule has 0 bridgehead atoms. The van der Waals surface area contributed by atoms with E-state index in [2.05, 4.69) is 0 Å². The first kappa shape index (κ1) is 14.9. The van der Waals surface area contributed by atoms with Crippen molar-refractivity contribution in [1.82, 2.24) is 4.90 Å². The number of piperidine rings is 1. The summed E-state index contributed by atoms with van der Waals surface area (Å²) in [6.45, 7) is 4.35. The van der Waals surface area contributed by atoms with Crippen LogP contribution in [0.15, 0.2) is 18.2 Å². The van der Waals surface area contributed by atoms with Gasteiger partial charge in [-0.1, -0.05) is 6.07 Å². The van der Waals surface area contributed by atoms with Crippen LogP contribution >= 0.6 is 0 Å². The van der Waals surface area contributed by atoms with E-state index in [1.165, 1.54) is 11.0 Å². The molecular weight excluding hydrogens is 264 g/mol. The number of ether oxygens (including phenoxy) is 1. The zero-order valence-electron chi connectivity index (χ0n) is 11.6. The number of nitrogens with zero attached hydrogens (tertiary/aromatic N) is 1. The molecule has 0 aromatic heterocycles. The maximum absolute atomic E-state index is 13.6. The summed E-state index contributed by atoms with van der Waals surface area (Å²) < 4.78 is 32.6. The SMILES string of the molecule is CCOCC1CCN(C(=O)c2c(F)cccc2F)CC1. The van der Waals surface area contributed by atoms with Gasteiger partial charge in [0.2, 0.25) is 0 Å². The van der Waals surface area contributed by atoms with Gasteiger partial charge in [-0.25, -0.2) is 8.78 Å². The summed E-state index contributed by atoms with van der Waals surface area (Å²) >= 11 is 0. The molecule has 0 saturated carbocycles. The summed E-state index contributed by atoms with van der Waals surface area (Å²) in [5.41, 5.74) is -0.448. The minimum atomic E-state index is -0.800. The van der Waals surface area contributed by atoms with Gasteiger partial charge in [-0.05, 0) is 37.8 Å². The van der Waals surface area contributed by atoms with Gasteiger partial charge in [0.1, 0.15) is 17.2 Å². The minimum Gasteiger partial charge on any atom is -0.381 e. The Labute approximate surface area is 117 Å². The molecule has 5 heteroatoms. The lowest BCUT2D eigenvalue weighted by Crippen LogP contribution is -2.40. The number of hydrogen-bond acceptors (Lipinski definition) is 2. The van der Waals surface area contributed by atoms with Crippen molar-refractivity contribution in [3.63, 3.8) is 0 Å². The number of halogens is 2. The topological polar surface area (TPSA) is 29.5 Å². The lowest BCUT2D eigenvalue weighted by atomic mass is 9.97. The molecule has 1 saturated heterocycles. The zero-order chi connectivity index (χ0) is 14.5. The Bertz CT molecular complexity index is 451. The van der Waals surface area contributed by atoms with Crippen LogP contribution in [-0.4, -0.2) is 37.1 Å². The average Bonchev–Trinajstić information content (AvgIpc) is 2.45. The second-order valence-corrected chi connectivity index (χ2v) is 4.99. The molecule has 110 valence electrons. The van der Waals surface area contributed by atoms with E-state index in [0.717, 1.165) is 25.0 Å².